The van der Waals surface area contributed by atoms with E-state index in [9.17, 15) is 22.8 Å². The molecule has 2 amide bonds. The number of carbonyl (C=O) groups excluding carboxylic acids is 2. The Morgan fingerprint density at radius 3 is 2.31 bits per heavy atom. The van der Waals surface area contributed by atoms with Crippen molar-refractivity contribution in [3.05, 3.63) is 63.8 Å². The van der Waals surface area contributed by atoms with Gasteiger partial charge >= 0.3 is 0 Å². The van der Waals surface area contributed by atoms with Gasteiger partial charge in [-0.2, -0.15) is 0 Å². The number of fused-ring (bicyclic) bond motifs is 3. The highest BCUT2D eigenvalue weighted by Crippen LogP contribution is 2.50. The first-order valence-electron chi connectivity index (χ1n) is 17.4. The fraction of sp³-hybridized carbons (Fsp3) is 0.447. The lowest BCUT2D eigenvalue weighted by Crippen LogP contribution is -2.40. The second kappa shape index (κ2) is 16.1. The van der Waals surface area contributed by atoms with E-state index in [1.165, 1.54) is 38.6 Å². The monoisotopic (exact) mass is 736 g/mol. The number of carbonyl (C=O) groups is 2. The lowest BCUT2D eigenvalue weighted by Gasteiger charge is -2.29. The Balaban J connectivity index is 1.54. The van der Waals surface area contributed by atoms with E-state index < -0.39 is 22.1 Å². The van der Waals surface area contributed by atoms with E-state index in [1.54, 1.807) is 37.4 Å². The van der Waals surface area contributed by atoms with Crippen molar-refractivity contribution >= 4 is 38.9 Å². The van der Waals surface area contributed by atoms with Gasteiger partial charge < -0.3 is 34.9 Å². The Hall–Kier alpha value is -4.98. The minimum Gasteiger partial charge on any atom is -0.494 e. The molecule has 14 heteroatoms. The third kappa shape index (κ3) is 7.76. The highest BCUT2D eigenvalue weighted by molar-refractivity contribution is 7.92. The summed E-state index contributed by atoms with van der Waals surface area (Å²) >= 11 is 0. The molecule has 0 aromatic heterocycles. The fourth-order valence-electron chi connectivity index (χ4n) is 6.94. The average Bonchev–Trinajstić information content (AvgIpc) is 3.36. The van der Waals surface area contributed by atoms with Gasteiger partial charge in [-0.15, -0.1) is 0 Å². The molecule has 5 rings (SSSR count). The van der Waals surface area contributed by atoms with Gasteiger partial charge in [0.1, 0.15) is 11.8 Å². The van der Waals surface area contributed by atoms with Crippen LogP contribution in [-0.2, 0) is 26.0 Å². The molecule has 3 atom stereocenters. The van der Waals surface area contributed by atoms with Crippen molar-refractivity contribution < 1.29 is 37.0 Å². The predicted molar refractivity (Wildman–Crippen MR) is 202 cm³/mol. The molecule has 3 aromatic rings. The maximum Gasteiger partial charge on any atom is 0.247 e. The number of nitrogens with one attached hydrogen (secondary N) is 3. The zero-order valence-electron chi connectivity index (χ0n) is 30.8. The van der Waals surface area contributed by atoms with Crippen molar-refractivity contribution in [1.82, 2.24) is 5.32 Å². The van der Waals surface area contributed by atoms with Gasteiger partial charge in [-0.1, -0.05) is 26.3 Å². The summed E-state index contributed by atoms with van der Waals surface area (Å²) in [5, 5.41) is 9.16. The first-order valence-corrected chi connectivity index (χ1v) is 19.0. The van der Waals surface area contributed by atoms with Crippen molar-refractivity contribution in [2.24, 2.45) is 5.92 Å². The van der Waals surface area contributed by atoms with E-state index in [1.807, 2.05) is 19.9 Å². The van der Waals surface area contributed by atoms with Gasteiger partial charge in [-0.05, 0) is 78.6 Å². The van der Waals surface area contributed by atoms with Crippen LogP contribution in [0.25, 0.3) is 11.1 Å². The number of anilines is 3. The lowest BCUT2D eigenvalue weighted by atomic mass is 9.95. The number of aryl methyl sites for hydroxylation is 1. The first kappa shape index (κ1) is 38.3. The van der Waals surface area contributed by atoms with Crippen molar-refractivity contribution in [1.29, 1.82) is 0 Å². The third-order valence-corrected chi connectivity index (χ3v) is 11.6. The summed E-state index contributed by atoms with van der Waals surface area (Å²) in [7, 11) is 2.59. The molecule has 13 nitrogen and oxygen atoms in total. The number of nitrogens with zero attached hydrogens (tertiary/aromatic N) is 1. The fourth-order valence-corrected chi connectivity index (χ4v) is 8.58. The molecule has 0 unspecified atom stereocenters. The average molecular weight is 737 g/mol. The van der Waals surface area contributed by atoms with Crippen LogP contribution in [0.15, 0.2) is 47.3 Å². The highest BCUT2D eigenvalue weighted by Gasteiger charge is 2.32. The van der Waals surface area contributed by atoms with Crippen molar-refractivity contribution in [3.8, 4) is 34.1 Å². The summed E-state index contributed by atoms with van der Waals surface area (Å²) in [5.74, 6) is 0.882. The normalized spacial score (nSPS) is 17.3. The van der Waals surface area contributed by atoms with Gasteiger partial charge in [0.2, 0.25) is 33.0 Å². The molecule has 52 heavy (non-hydrogen) atoms. The number of amides is 2. The molecule has 0 spiro atoms. The molecule has 2 aliphatic rings. The summed E-state index contributed by atoms with van der Waals surface area (Å²) in [4.78, 5) is 40.3. The van der Waals surface area contributed by atoms with E-state index in [-0.39, 0.29) is 34.6 Å². The molecule has 3 aromatic carbocycles. The Bertz CT molecular complexity index is 2000. The summed E-state index contributed by atoms with van der Waals surface area (Å²) in [6.07, 6.45) is 3.04. The molecule has 0 bridgehead atoms. The second-order valence-electron chi connectivity index (χ2n) is 13.1. The predicted octanol–water partition coefficient (Wildman–Crippen LogP) is 5.27. The smallest absolute Gasteiger partial charge is 0.247 e. The van der Waals surface area contributed by atoms with Crippen molar-refractivity contribution in [2.45, 2.75) is 65.0 Å². The standard InChI is InChI=1S/C38H48N4O9S/c1-8-22(2)35(38(45)40-25-12-16-30(32(20-25)48-4)42-17-9-10-18-52(42,46)47)41-29-15-13-26-27(21-31(29)44)28(39-23(3)43)14-11-24-19-33(49-5)36(50-6)37(51-7)34(24)26/h12-13,15-16,19-22,28,35H,8-11,14,17-18H2,1-7H3,(H,39,43)(H,40,45)(H,41,44)/t22-,28+,35+/m1/s1. The van der Waals surface area contributed by atoms with E-state index in [4.69, 9.17) is 18.9 Å². The number of hydrogen-bond acceptors (Lipinski definition) is 10. The van der Waals surface area contributed by atoms with Crippen LogP contribution in [0.4, 0.5) is 17.1 Å². The number of methoxy groups -OCH3 is 4. The Labute approximate surface area is 305 Å². The topological polar surface area (TPSA) is 162 Å². The van der Waals surface area contributed by atoms with Gasteiger partial charge in [0.25, 0.3) is 0 Å². The highest BCUT2D eigenvalue weighted by atomic mass is 32.2. The van der Waals surface area contributed by atoms with E-state index in [2.05, 4.69) is 16.0 Å². The molecule has 280 valence electrons. The first-order chi connectivity index (χ1) is 24.9. The molecular formula is C38H48N4O9S. The maximum atomic E-state index is 14.0. The summed E-state index contributed by atoms with van der Waals surface area (Å²) in [5.41, 5.74) is 3.54. The lowest BCUT2D eigenvalue weighted by molar-refractivity contribution is -0.120. The van der Waals surface area contributed by atoms with Crippen LogP contribution in [0.3, 0.4) is 0 Å². The number of benzene rings is 2. The largest absolute Gasteiger partial charge is 0.494 e. The van der Waals surface area contributed by atoms with Crippen molar-refractivity contribution in [2.75, 3.05) is 55.7 Å². The van der Waals surface area contributed by atoms with Crippen LogP contribution >= 0.6 is 0 Å². The molecule has 0 saturated carbocycles. The van der Waals surface area contributed by atoms with Crippen LogP contribution in [0, 0.1) is 5.92 Å². The van der Waals surface area contributed by atoms with Crippen LogP contribution in [0.1, 0.15) is 63.6 Å². The van der Waals surface area contributed by atoms with Crippen LogP contribution in [0.2, 0.25) is 0 Å². The van der Waals surface area contributed by atoms with E-state index >= 15 is 0 Å². The minimum absolute atomic E-state index is 0.0652. The van der Waals surface area contributed by atoms with Gasteiger partial charge in [-0.3, -0.25) is 18.7 Å². The molecule has 1 saturated heterocycles. The number of sulfonamides is 1. The van der Waals surface area contributed by atoms with Gasteiger partial charge in [0.15, 0.2) is 11.5 Å². The van der Waals surface area contributed by atoms with E-state index in [0.717, 1.165) is 17.5 Å². The van der Waals surface area contributed by atoms with Gasteiger partial charge in [0.05, 0.1) is 51.6 Å². The summed E-state index contributed by atoms with van der Waals surface area (Å²) in [6.45, 7) is 5.66. The molecular weight excluding hydrogens is 689 g/mol. The zero-order valence-corrected chi connectivity index (χ0v) is 31.6. The SMILES string of the molecule is CC[C@@H](C)[C@H](Nc1ccc2c(cc1=O)[C@@H](NC(C)=O)CCc1cc(OC)c(OC)c(OC)c1-2)C(=O)Nc1ccc(N2CCCCS2(=O)=O)c(OC)c1. The quantitative estimate of drug-likeness (QED) is 0.224. The van der Waals surface area contributed by atoms with Crippen LogP contribution in [-0.4, -0.2) is 67.0 Å². The van der Waals surface area contributed by atoms with Gasteiger partial charge in [0, 0.05) is 30.8 Å². The molecule has 1 aliphatic heterocycles. The molecule has 1 fully saturated rings. The Morgan fingerprint density at radius 1 is 0.942 bits per heavy atom. The number of ether oxygens (including phenoxy) is 4. The van der Waals surface area contributed by atoms with Crippen LogP contribution in [0.5, 0.6) is 23.0 Å². The Morgan fingerprint density at radius 2 is 1.67 bits per heavy atom. The van der Waals surface area contributed by atoms with E-state index in [0.29, 0.717) is 77.7 Å². The number of rotatable bonds is 12. The van der Waals surface area contributed by atoms with Crippen molar-refractivity contribution in [3.63, 3.8) is 0 Å². The zero-order chi connectivity index (χ0) is 37.7. The third-order valence-electron chi connectivity index (χ3n) is 9.79. The summed E-state index contributed by atoms with van der Waals surface area (Å²) in [6, 6.07) is 10.4. The summed E-state index contributed by atoms with van der Waals surface area (Å²) < 4.78 is 49.7. The molecule has 3 N–H and O–H groups in total. The second-order valence-corrected chi connectivity index (χ2v) is 15.1. The maximum absolute atomic E-state index is 14.0. The minimum atomic E-state index is -3.48. The Kier molecular flexibility index (Phi) is 11.9. The van der Waals surface area contributed by atoms with Crippen LogP contribution < -0.4 is 44.6 Å². The molecule has 0 radical (unpaired) electrons. The number of hydrogen-bond donors (Lipinski definition) is 3. The van der Waals surface area contributed by atoms with Gasteiger partial charge in [-0.25, -0.2) is 8.42 Å². The molecule has 1 aliphatic carbocycles. The molecule has 1 heterocycles.